The maximum atomic E-state index is 13.4. The lowest BCUT2D eigenvalue weighted by Crippen LogP contribution is -2.24. The minimum Gasteiger partial charge on any atom is -0.344 e. The van der Waals surface area contributed by atoms with Gasteiger partial charge in [-0.2, -0.15) is 0 Å². The quantitative estimate of drug-likeness (QED) is 0.0486. The number of fused-ring (bicyclic) bond motifs is 6. The first-order chi connectivity index (χ1) is 69.2. The normalized spacial score (nSPS) is 14.0. The van der Waals surface area contributed by atoms with Gasteiger partial charge in [-0.3, -0.25) is 9.59 Å². The summed E-state index contributed by atoms with van der Waals surface area (Å²) < 4.78 is 63.1. The van der Waals surface area contributed by atoms with Gasteiger partial charge in [0.25, 0.3) is 0 Å². The Labute approximate surface area is 880 Å². The number of aryl methyl sites for hydroxylation is 1. The second-order valence-electron chi connectivity index (χ2n) is 36.0. The number of Topliss-reactive ketones (excluding diaryl/α,β-unsaturated/α-hetero) is 2. The van der Waals surface area contributed by atoms with Crippen LogP contribution in [0.2, 0.25) is 30.1 Å². The van der Waals surface area contributed by atoms with Crippen LogP contribution in [-0.2, 0) is 102 Å². The molecule has 0 N–H and O–H groups in total. The molecule has 0 bridgehead atoms. The summed E-state index contributed by atoms with van der Waals surface area (Å²) >= 11 is 44.5. The number of rotatable bonds is 22. The number of aromatic nitrogens is 6. The number of benzene rings is 13. The van der Waals surface area contributed by atoms with E-state index in [1.54, 1.807) is 26.0 Å². The molecule has 3 aliphatic heterocycles. The molecule has 6 aromatic heterocycles. The molecule has 0 atom stereocenters. The Morgan fingerprint density at radius 3 is 1.00 bits per heavy atom. The molecule has 730 valence electrons. The van der Waals surface area contributed by atoms with Crippen molar-refractivity contribution in [2.24, 2.45) is 0 Å². The van der Waals surface area contributed by atoms with Crippen LogP contribution in [0.5, 0.6) is 0 Å². The van der Waals surface area contributed by atoms with Crippen LogP contribution in [0.1, 0.15) is 152 Å². The molecule has 3 aliphatic rings. The number of hydrogen-bond donors (Lipinski definition) is 0. The minimum atomic E-state index is -0.882. The summed E-state index contributed by atoms with van der Waals surface area (Å²) in [7, 11) is 0. The fourth-order valence-corrected chi connectivity index (χ4v) is 22.1. The Morgan fingerprint density at radius 1 is 0.329 bits per heavy atom. The summed E-state index contributed by atoms with van der Waals surface area (Å²) in [5.74, 6) is -2.45. The topological polar surface area (TPSA) is 119 Å². The highest BCUT2D eigenvalue weighted by Crippen LogP contribution is 2.47. The van der Waals surface area contributed by atoms with Crippen molar-refractivity contribution in [2.45, 2.75) is 129 Å². The maximum Gasteiger partial charge on any atom is 0.194 e. The Bertz CT molecular complexity index is 7610. The van der Waals surface area contributed by atoms with Crippen LogP contribution in [0, 0.1) is 19.7 Å². The molecule has 3 fully saturated rings. The summed E-state index contributed by atoms with van der Waals surface area (Å²) in [5, 5.41) is 11.8. The predicted octanol–water partition coefficient (Wildman–Crippen LogP) is 32.4. The van der Waals surface area contributed by atoms with Gasteiger partial charge in [0.1, 0.15) is 5.82 Å². The van der Waals surface area contributed by atoms with Gasteiger partial charge in [0.05, 0.1) is 45.3 Å². The lowest BCUT2D eigenvalue weighted by molar-refractivity contribution is -0.149. The van der Waals surface area contributed by atoms with Gasteiger partial charge in [0.2, 0.25) is 0 Å². The third-order valence-electron chi connectivity index (χ3n) is 26.4. The second-order valence-corrected chi connectivity index (χ2v) is 39.7. The number of hydrogen-bond acceptors (Lipinski definition) is 8. The summed E-state index contributed by atoms with van der Waals surface area (Å²) in [6, 6.07) is 106. The van der Waals surface area contributed by atoms with E-state index in [1.807, 2.05) is 198 Å². The Balaban J connectivity index is 0.000000119. The van der Waals surface area contributed by atoms with E-state index in [9.17, 15) is 14.0 Å². The van der Waals surface area contributed by atoms with Gasteiger partial charge in [-0.05, 0) is 227 Å². The Hall–Kier alpha value is -11.4. The number of carbonyl (C=O) groups excluding carboxylic acids is 2. The molecular formula is C120H109Br2Cl6FN6O8. The zero-order chi connectivity index (χ0) is 100. The molecule has 0 amide bonds. The van der Waals surface area contributed by atoms with Gasteiger partial charge >= 0.3 is 0 Å². The number of halogens is 9. The van der Waals surface area contributed by atoms with Crippen LogP contribution in [0.4, 0.5) is 4.39 Å². The van der Waals surface area contributed by atoms with Crippen molar-refractivity contribution in [3.63, 3.8) is 0 Å². The number of ketones is 2. The Morgan fingerprint density at radius 2 is 0.622 bits per heavy atom. The first-order valence-electron chi connectivity index (χ1n) is 47.6. The third kappa shape index (κ3) is 23.3. The van der Waals surface area contributed by atoms with Crippen molar-refractivity contribution in [2.75, 3.05) is 39.6 Å². The third-order valence-corrected chi connectivity index (χ3v) is 28.9. The number of ether oxygens (including phenoxy) is 6. The highest BCUT2D eigenvalue weighted by molar-refractivity contribution is 9.08. The van der Waals surface area contributed by atoms with Crippen LogP contribution in [0.15, 0.2) is 322 Å². The van der Waals surface area contributed by atoms with Crippen molar-refractivity contribution < 1.29 is 42.4 Å². The maximum absolute atomic E-state index is 13.4. The second kappa shape index (κ2) is 46.3. The summed E-state index contributed by atoms with van der Waals surface area (Å²) in [6.07, 6.45) is 4.94. The molecule has 0 unspecified atom stereocenters. The van der Waals surface area contributed by atoms with Gasteiger partial charge in [-0.25, -0.2) is 4.39 Å². The van der Waals surface area contributed by atoms with Gasteiger partial charge in [-0.1, -0.05) is 309 Å². The summed E-state index contributed by atoms with van der Waals surface area (Å²) in [5.41, 5.74) is 26.3. The minimum absolute atomic E-state index is 0.0635. The monoisotopic (exact) mass is 2150 g/mol. The zero-order valence-corrected chi connectivity index (χ0v) is 88.4. The average molecular weight is 2150 g/mol. The summed E-state index contributed by atoms with van der Waals surface area (Å²) in [6.45, 7) is 23.6. The average Bonchev–Trinajstić information content (AvgIpc) is 1.59. The molecular weight excluding hydrogens is 2040 g/mol. The molecule has 0 spiro atoms. The van der Waals surface area contributed by atoms with Crippen molar-refractivity contribution >= 4 is 191 Å². The number of alkyl halides is 2. The molecule has 0 saturated carbocycles. The molecule has 13 aromatic carbocycles. The largest absolute Gasteiger partial charge is 0.344 e. The van der Waals surface area contributed by atoms with E-state index in [-0.39, 0.29) is 17.4 Å². The SMILES string of the molecule is CC(=O)c1c(C)n(Cc2ccccc2)c2ccc(Cl)cc12.CC(=O)c1c(CBr)n(Cc2ccccc2)c2ccc(Cl)cc12.CC1(c2c(/C=C/c3ccc(F)cc3)n(Cc3ccccc3)c3ccc(Cl)cc23)OCCO1.CC1(c2c(CBr)n(Cc3ccccc3)c3ccc(Cl)cc23)OCCO1.CCc1c(C2(C)OCCO2)c2cc(Cl)ccc2n1Cc1ccccc1.Cc1cc2cc(Cl)ccc2n1Cc1ccccc1. The van der Waals surface area contributed by atoms with Crippen LogP contribution in [0.3, 0.4) is 0 Å². The van der Waals surface area contributed by atoms with E-state index in [0.717, 1.165) is 154 Å². The number of nitrogens with zero attached hydrogens (tertiary/aromatic N) is 6. The molecule has 19 aromatic rings. The molecule has 22 rings (SSSR count). The van der Waals surface area contributed by atoms with E-state index in [0.29, 0.717) is 76.9 Å². The van der Waals surface area contributed by atoms with E-state index in [1.165, 1.54) is 73.3 Å². The highest BCUT2D eigenvalue weighted by Gasteiger charge is 2.42. The molecule has 14 nitrogen and oxygen atoms in total. The van der Waals surface area contributed by atoms with E-state index >= 15 is 0 Å². The molecule has 143 heavy (non-hydrogen) atoms. The van der Waals surface area contributed by atoms with Gasteiger partial charge < -0.3 is 55.8 Å². The van der Waals surface area contributed by atoms with E-state index in [4.69, 9.17) is 98.0 Å². The van der Waals surface area contributed by atoms with Crippen molar-refractivity contribution in [1.29, 1.82) is 0 Å². The molecule has 3 saturated heterocycles. The molecule has 23 heteroatoms. The van der Waals surface area contributed by atoms with Crippen LogP contribution in [-0.4, -0.2) is 78.6 Å². The smallest absolute Gasteiger partial charge is 0.194 e. The standard InChI is InChI=1S/C27H23ClFNO2.C21H22ClNO2.C20H19BrClNO2.C18H15BrClNO.C18H16ClNO.C16H14ClN/c1-27(31-15-16-32-27)26-23-17-21(28)10-14-24(23)30(18-20-5-3-2-4-6-20)25(26)13-9-19-7-11-22(29)12-8-19;1-3-18-20(21(2)24-11-12-25-21)17-13-16(22)9-10-19(17)23(18)14-15-7-5-4-6-8-15;1-20(24-9-10-25-20)19-16-11-15(22)7-8-17(16)23(18(19)12-21)13-14-5-3-2-4-6-14;1-12(22)18-15-9-14(20)7-8-16(15)21(17(18)10-19)11-13-5-3-2-4-6-13;1-12-18(13(2)21)16-10-15(19)8-9-17(16)20(12)11-14-6-4-3-5-7-14;1-12-9-14-10-15(17)7-8-16(14)18(12)11-13-5-3-2-4-6-13/h2-14,17H,15-16,18H2,1H3;4-10,13H,3,11-12,14H2,1-2H3;2-8,11H,9-10,12-13H2,1H3;2-9H,10-11H2,1H3;3-10H,11H2,1-2H3;2-10H,11H2,1H3/b13-9+;;;;;. The highest BCUT2D eigenvalue weighted by atomic mass is 79.9. The lowest BCUT2D eigenvalue weighted by Gasteiger charge is -2.24. The lowest BCUT2D eigenvalue weighted by atomic mass is 10.0. The fourth-order valence-electron chi connectivity index (χ4n) is 19.9. The molecule has 9 heterocycles. The van der Waals surface area contributed by atoms with Gasteiger partial charge in [0.15, 0.2) is 28.9 Å². The van der Waals surface area contributed by atoms with Crippen molar-refractivity contribution in [3.05, 3.63) is 458 Å². The molecule has 0 radical (unpaired) electrons. The summed E-state index contributed by atoms with van der Waals surface area (Å²) in [4.78, 5) is 24.1. The van der Waals surface area contributed by atoms with Crippen LogP contribution < -0.4 is 0 Å². The first kappa shape index (κ1) is 103. The van der Waals surface area contributed by atoms with Crippen LogP contribution >= 0.6 is 101 Å². The Kier molecular flexibility index (Phi) is 33.4. The van der Waals surface area contributed by atoms with Crippen molar-refractivity contribution in [3.8, 4) is 0 Å². The fraction of sp³-hybridized carbons (Fsp3) is 0.217. The van der Waals surface area contributed by atoms with Gasteiger partial charge in [-0.15, -0.1) is 0 Å². The number of carbonyl (C=O) groups is 2. The van der Waals surface area contributed by atoms with E-state index in [2.05, 4.69) is 213 Å². The first-order valence-corrected chi connectivity index (χ1v) is 52.2. The van der Waals surface area contributed by atoms with Gasteiger partial charge in [0, 0.05) is 202 Å². The van der Waals surface area contributed by atoms with Crippen molar-refractivity contribution in [1.82, 2.24) is 27.4 Å². The zero-order valence-electron chi connectivity index (χ0n) is 80.7. The van der Waals surface area contributed by atoms with Crippen LogP contribution in [0.25, 0.3) is 77.6 Å². The molecule has 0 aliphatic carbocycles. The predicted molar refractivity (Wildman–Crippen MR) is 592 cm³/mol. The van der Waals surface area contributed by atoms with E-state index < -0.39 is 17.4 Å².